The van der Waals surface area contributed by atoms with Crippen LogP contribution in [0.15, 0.2) is 22.7 Å². The van der Waals surface area contributed by atoms with Crippen LogP contribution < -0.4 is 5.32 Å². The van der Waals surface area contributed by atoms with Gasteiger partial charge in [-0.25, -0.2) is 4.79 Å². The molecule has 102 valence electrons. The van der Waals surface area contributed by atoms with E-state index in [1.54, 1.807) is 0 Å². The van der Waals surface area contributed by atoms with E-state index in [1.165, 1.54) is 18.2 Å². The lowest BCUT2D eigenvalue weighted by molar-refractivity contribution is -0.192. The van der Waals surface area contributed by atoms with E-state index in [9.17, 15) is 18.0 Å². The van der Waals surface area contributed by atoms with E-state index in [0.717, 1.165) is 0 Å². The Morgan fingerprint density at radius 1 is 1.47 bits per heavy atom. The summed E-state index contributed by atoms with van der Waals surface area (Å²) in [6.07, 6.45) is -4.97. The number of rotatable bonds is 3. The van der Waals surface area contributed by atoms with Gasteiger partial charge in [0.1, 0.15) is 6.07 Å². The maximum absolute atomic E-state index is 12.8. The molecule has 0 radical (unpaired) electrons. The lowest BCUT2D eigenvalue weighted by Gasteiger charge is -2.29. The average molecular weight is 337 g/mol. The topological polar surface area (TPSA) is 73.1 Å². The lowest BCUT2D eigenvalue weighted by Crippen LogP contribution is -2.55. The molecule has 1 atom stereocenters. The number of alkyl halides is 3. The molecule has 19 heavy (non-hydrogen) atoms. The highest BCUT2D eigenvalue weighted by molar-refractivity contribution is 9.10. The second-order valence-corrected chi connectivity index (χ2v) is 4.71. The summed E-state index contributed by atoms with van der Waals surface area (Å²) in [5.74, 6) is -2.04. The van der Waals surface area contributed by atoms with Crippen molar-refractivity contribution in [2.75, 3.05) is 5.32 Å². The zero-order chi connectivity index (χ0) is 14.8. The van der Waals surface area contributed by atoms with Crippen LogP contribution in [0.3, 0.4) is 0 Å². The van der Waals surface area contributed by atoms with Gasteiger partial charge in [0.25, 0.3) is 0 Å². The Hall–Kier alpha value is -1.75. The second kappa shape index (κ2) is 5.09. The van der Waals surface area contributed by atoms with Crippen molar-refractivity contribution >= 4 is 27.6 Å². The lowest BCUT2D eigenvalue weighted by atomic mass is 10.0. The van der Waals surface area contributed by atoms with Gasteiger partial charge in [-0.05, 0) is 41.1 Å². The molecule has 0 amide bonds. The predicted octanol–water partition coefficient (Wildman–Crippen LogP) is 3.14. The number of benzene rings is 1. The van der Waals surface area contributed by atoms with Crippen molar-refractivity contribution in [3.8, 4) is 6.07 Å². The van der Waals surface area contributed by atoms with Gasteiger partial charge in [-0.1, -0.05) is 0 Å². The Balaban J connectivity index is 3.16. The number of nitrogens with one attached hydrogen (secondary N) is 1. The Labute approximate surface area is 115 Å². The van der Waals surface area contributed by atoms with Gasteiger partial charge in [0, 0.05) is 10.2 Å². The smallest absolute Gasteiger partial charge is 0.422 e. The van der Waals surface area contributed by atoms with Crippen LogP contribution in [0.2, 0.25) is 0 Å². The monoisotopic (exact) mass is 336 g/mol. The first kappa shape index (κ1) is 15.3. The van der Waals surface area contributed by atoms with Crippen LogP contribution in [0.5, 0.6) is 0 Å². The minimum Gasteiger partial charge on any atom is -0.479 e. The first-order valence-corrected chi connectivity index (χ1v) is 5.69. The summed E-state index contributed by atoms with van der Waals surface area (Å²) in [4.78, 5) is 10.8. The van der Waals surface area contributed by atoms with Crippen LogP contribution in [0.25, 0.3) is 0 Å². The molecule has 2 N–H and O–H groups in total. The molecule has 0 heterocycles. The van der Waals surface area contributed by atoms with Crippen molar-refractivity contribution in [1.82, 2.24) is 0 Å². The maximum atomic E-state index is 12.8. The van der Waals surface area contributed by atoms with Crippen LogP contribution in [0.4, 0.5) is 18.9 Å². The number of anilines is 1. The Morgan fingerprint density at radius 2 is 2.05 bits per heavy atom. The fourth-order valence-electron chi connectivity index (χ4n) is 1.22. The molecular weight excluding hydrogens is 329 g/mol. The normalized spacial score (nSPS) is 14.3. The molecule has 0 saturated carbocycles. The molecule has 0 aliphatic rings. The summed E-state index contributed by atoms with van der Waals surface area (Å²) >= 11 is 3.01. The van der Waals surface area contributed by atoms with E-state index in [0.29, 0.717) is 6.92 Å². The molecule has 1 rings (SSSR count). The van der Waals surface area contributed by atoms with Gasteiger partial charge >= 0.3 is 12.1 Å². The molecule has 1 aromatic rings. The Kier molecular flexibility index (Phi) is 4.10. The summed E-state index contributed by atoms with van der Waals surface area (Å²) in [7, 11) is 0. The molecule has 0 aromatic heterocycles. The summed E-state index contributed by atoms with van der Waals surface area (Å²) in [5, 5.41) is 19.4. The van der Waals surface area contributed by atoms with Crippen molar-refractivity contribution < 1.29 is 23.1 Å². The average Bonchev–Trinajstić information content (AvgIpc) is 2.27. The molecule has 0 bridgehead atoms. The molecule has 0 aliphatic carbocycles. The third-order valence-corrected chi connectivity index (χ3v) is 3.13. The van der Waals surface area contributed by atoms with Crippen LogP contribution in [-0.4, -0.2) is 22.8 Å². The van der Waals surface area contributed by atoms with Gasteiger partial charge in [-0.2, -0.15) is 18.4 Å². The molecule has 1 unspecified atom stereocenters. The molecule has 0 fully saturated rings. The maximum Gasteiger partial charge on any atom is 0.422 e. The third kappa shape index (κ3) is 2.98. The van der Waals surface area contributed by atoms with E-state index in [4.69, 9.17) is 10.4 Å². The summed E-state index contributed by atoms with van der Waals surface area (Å²) in [5.41, 5.74) is -2.94. The number of carboxylic acids is 1. The fourth-order valence-corrected chi connectivity index (χ4v) is 1.69. The Morgan fingerprint density at radius 3 is 2.42 bits per heavy atom. The second-order valence-electron chi connectivity index (χ2n) is 3.86. The van der Waals surface area contributed by atoms with E-state index in [-0.39, 0.29) is 15.7 Å². The molecular formula is C11H8BrF3N2O2. The van der Waals surface area contributed by atoms with Gasteiger partial charge in [0.15, 0.2) is 0 Å². The minimum atomic E-state index is -4.97. The van der Waals surface area contributed by atoms with Crippen LogP contribution in [-0.2, 0) is 4.79 Å². The van der Waals surface area contributed by atoms with Gasteiger partial charge in [0.05, 0.1) is 5.56 Å². The number of halogens is 4. The number of carbonyl (C=O) groups is 1. The number of nitrogens with zero attached hydrogens (tertiary/aromatic N) is 1. The molecule has 0 saturated heterocycles. The molecule has 4 nitrogen and oxygen atoms in total. The zero-order valence-corrected chi connectivity index (χ0v) is 11.1. The van der Waals surface area contributed by atoms with E-state index >= 15 is 0 Å². The van der Waals surface area contributed by atoms with Crippen LogP contribution >= 0.6 is 15.9 Å². The van der Waals surface area contributed by atoms with Crippen molar-refractivity contribution in [2.45, 2.75) is 18.6 Å². The summed E-state index contributed by atoms with van der Waals surface area (Å²) in [6.45, 7) is 0.529. The predicted molar refractivity (Wildman–Crippen MR) is 64.6 cm³/mol. The van der Waals surface area contributed by atoms with E-state index in [2.05, 4.69) is 15.9 Å². The number of hydrogen-bond acceptors (Lipinski definition) is 3. The fraction of sp³-hybridized carbons (Fsp3) is 0.273. The van der Waals surface area contributed by atoms with Gasteiger partial charge in [0.2, 0.25) is 5.54 Å². The highest BCUT2D eigenvalue weighted by atomic mass is 79.9. The van der Waals surface area contributed by atoms with Crippen molar-refractivity contribution in [2.24, 2.45) is 0 Å². The standard InChI is InChI=1S/C11H8BrF3N2O2/c1-10(9(18)19,11(13,14)15)17-7-3-2-6(5-16)8(12)4-7/h2-4,17H,1H3,(H,18,19). The number of carboxylic acid groups (broad SMARTS) is 1. The number of nitriles is 1. The summed E-state index contributed by atoms with van der Waals surface area (Å²) < 4.78 is 38.6. The molecule has 8 heteroatoms. The van der Waals surface area contributed by atoms with E-state index in [1.807, 2.05) is 11.4 Å². The number of aliphatic carboxylic acids is 1. The third-order valence-electron chi connectivity index (χ3n) is 2.48. The molecule has 0 spiro atoms. The van der Waals surface area contributed by atoms with Crippen molar-refractivity contribution in [3.63, 3.8) is 0 Å². The van der Waals surface area contributed by atoms with Gasteiger partial charge in [-0.15, -0.1) is 0 Å². The Bertz CT molecular complexity index is 554. The quantitative estimate of drug-likeness (QED) is 0.889. The van der Waals surface area contributed by atoms with Crippen molar-refractivity contribution in [3.05, 3.63) is 28.2 Å². The van der Waals surface area contributed by atoms with Gasteiger partial charge < -0.3 is 10.4 Å². The SMILES string of the molecule is CC(Nc1ccc(C#N)c(Br)c1)(C(=O)O)C(F)(F)F. The minimum absolute atomic E-state index is 0.0619. The largest absolute Gasteiger partial charge is 0.479 e. The zero-order valence-electron chi connectivity index (χ0n) is 9.55. The highest BCUT2D eigenvalue weighted by Crippen LogP contribution is 2.34. The van der Waals surface area contributed by atoms with Gasteiger partial charge in [-0.3, -0.25) is 0 Å². The molecule has 0 aliphatic heterocycles. The van der Waals surface area contributed by atoms with Crippen LogP contribution in [0.1, 0.15) is 12.5 Å². The highest BCUT2D eigenvalue weighted by Gasteiger charge is 2.57. The van der Waals surface area contributed by atoms with E-state index < -0.39 is 17.7 Å². The van der Waals surface area contributed by atoms with Crippen molar-refractivity contribution in [1.29, 1.82) is 5.26 Å². The summed E-state index contributed by atoms with van der Waals surface area (Å²) in [6, 6.07) is 5.53. The van der Waals surface area contributed by atoms with Crippen LogP contribution in [0, 0.1) is 11.3 Å². The molecule has 1 aromatic carbocycles. The first-order chi connectivity index (χ1) is 8.61. The number of hydrogen-bond donors (Lipinski definition) is 2. The first-order valence-electron chi connectivity index (χ1n) is 4.90.